The molecule has 150 valence electrons. The summed E-state index contributed by atoms with van der Waals surface area (Å²) in [6, 6.07) is 21.1. The van der Waals surface area contributed by atoms with E-state index in [1.165, 1.54) is 12.0 Å². The number of halogens is 1. The van der Waals surface area contributed by atoms with Crippen molar-refractivity contribution in [3.05, 3.63) is 89.0 Å². The van der Waals surface area contributed by atoms with Crippen LogP contribution in [-0.2, 0) is 19.5 Å². The fourth-order valence-corrected chi connectivity index (χ4v) is 3.77. The van der Waals surface area contributed by atoms with E-state index in [0.717, 1.165) is 49.7 Å². The summed E-state index contributed by atoms with van der Waals surface area (Å²) in [6.45, 7) is 3.93. The number of nitrogens with zero attached hydrogens (tertiary/aromatic N) is 3. The SMILES string of the molecule is Cl.N#Cc1ccc(Cc2ncc(CN(Cc3ccccc3)C3CCNC3)[nH]2)cc1. The Bertz CT molecular complexity index is 924. The van der Waals surface area contributed by atoms with Crippen LogP contribution in [-0.4, -0.2) is 34.0 Å². The molecule has 1 fully saturated rings. The number of aromatic amines is 1. The monoisotopic (exact) mass is 407 g/mol. The van der Waals surface area contributed by atoms with Crippen LogP contribution in [0, 0.1) is 11.3 Å². The molecule has 1 atom stereocenters. The third-order valence-corrected chi connectivity index (χ3v) is 5.29. The molecule has 4 rings (SSSR count). The zero-order valence-electron chi connectivity index (χ0n) is 16.3. The molecule has 2 N–H and O–H groups in total. The number of imidazole rings is 1. The van der Waals surface area contributed by atoms with Gasteiger partial charge in [0, 0.05) is 44.0 Å². The molecule has 1 unspecified atom stereocenters. The molecule has 29 heavy (non-hydrogen) atoms. The van der Waals surface area contributed by atoms with Gasteiger partial charge in [0.15, 0.2) is 0 Å². The summed E-state index contributed by atoms with van der Waals surface area (Å²) < 4.78 is 0. The quantitative estimate of drug-likeness (QED) is 0.627. The molecule has 0 saturated carbocycles. The molecule has 5 nitrogen and oxygen atoms in total. The van der Waals surface area contributed by atoms with Crippen molar-refractivity contribution < 1.29 is 0 Å². The molecule has 0 bridgehead atoms. The predicted octanol–water partition coefficient (Wildman–Crippen LogP) is 3.66. The van der Waals surface area contributed by atoms with E-state index in [0.29, 0.717) is 11.6 Å². The summed E-state index contributed by atoms with van der Waals surface area (Å²) in [4.78, 5) is 10.6. The van der Waals surface area contributed by atoms with Crippen molar-refractivity contribution in [2.75, 3.05) is 13.1 Å². The van der Waals surface area contributed by atoms with Gasteiger partial charge < -0.3 is 10.3 Å². The van der Waals surface area contributed by atoms with Crippen molar-refractivity contribution in [2.45, 2.75) is 32.0 Å². The highest BCUT2D eigenvalue weighted by molar-refractivity contribution is 5.85. The topological polar surface area (TPSA) is 67.7 Å². The molecule has 1 saturated heterocycles. The minimum absolute atomic E-state index is 0. The molecule has 0 aliphatic carbocycles. The Kier molecular flexibility index (Phi) is 7.42. The Labute approximate surface area is 178 Å². The van der Waals surface area contributed by atoms with E-state index >= 15 is 0 Å². The fraction of sp³-hybridized carbons (Fsp3) is 0.304. The number of rotatable bonds is 7. The van der Waals surface area contributed by atoms with Crippen LogP contribution in [0.25, 0.3) is 0 Å². The minimum atomic E-state index is 0. The number of hydrogen-bond acceptors (Lipinski definition) is 4. The third kappa shape index (κ3) is 5.68. The number of aromatic nitrogens is 2. The van der Waals surface area contributed by atoms with Crippen LogP contribution < -0.4 is 5.32 Å². The Morgan fingerprint density at radius 2 is 1.83 bits per heavy atom. The van der Waals surface area contributed by atoms with Gasteiger partial charge in [-0.3, -0.25) is 4.90 Å². The Morgan fingerprint density at radius 3 is 2.52 bits per heavy atom. The van der Waals surface area contributed by atoms with Crippen LogP contribution in [0.3, 0.4) is 0 Å². The molecule has 2 aromatic carbocycles. The van der Waals surface area contributed by atoms with E-state index < -0.39 is 0 Å². The summed E-state index contributed by atoms with van der Waals surface area (Å²) in [6.07, 6.45) is 3.88. The highest BCUT2D eigenvalue weighted by Gasteiger charge is 2.23. The van der Waals surface area contributed by atoms with Gasteiger partial charge in [-0.05, 0) is 36.2 Å². The fourth-order valence-electron chi connectivity index (χ4n) is 3.77. The Morgan fingerprint density at radius 1 is 1.03 bits per heavy atom. The van der Waals surface area contributed by atoms with Crippen molar-refractivity contribution >= 4 is 12.4 Å². The first-order valence-corrected chi connectivity index (χ1v) is 9.80. The highest BCUT2D eigenvalue weighted by Crippen LogP contribution is 2.17. The summed E-state index contributed by atoms with van der Waals surface area (Å²) >= 11 is 0. The van der Waals surface area contributed by atoms with Gasteiger partial charge in [-0.1, -0.05) is 42.5 Å². The van der Waals surface area contributed by atoms with Crippen molar-refractivity contribution in [2.24, 2.45) is 0 Å². The minimum Gasteiger partial charge on any atom is -0.345 e. The van der Waals surface area contributed by atoms with Crippen molar-refractivity contribution in [3.8, 4) is 6.07 Å². The molecular formula is C23H26ClN5. The van der Waals surface area contributed by atoms with Crippen LogP contribution in [0.2, 0.25) is 0 Å². The maximum atomic E-state index is 8.92. The van der Waals surface area contributed by atoms with Crippen molar-refractivity contribution in [1.29, 1.82) is 5.26 Å². The summed E-state index contributed by atoms with van der Waals surface area (Å²) in [7, 11) is 0. The zero-order valence-corrected chi connectivity index (χ0v) is 17.2. The first kappa shape index (κ1) is 21.1. The van der Waals surface area contributed by atoms with Crippen LogP contribution in [0.5, 0.6) is 0 Å². The molecule has 6 heteroatoms. The van der Waals surface area contributed by atoms with Gasteiger partial charge in [-0.25, -0.2) is 4.98 Å². The van der Waals surface area contributed by atoms with Crippen LogP contribution >= 0.6 is 12.4 Å². The lowest BCUT2D eigenvalue weighted by Crippen LogP contribution is -2.36. The van der Waals surface area contributed by atoms with Gasteiger partial charge in [0.1, 0.15) is 5.82 Å². The third-order valence-electron chi connectivity index (χ3n) is 5.29. The van der Waals surface area contributed by atoms with E-state index in [9.17, 15) is 0 Å². The molecule has 0 spiro atoms. The number of H-pyrrole nitrogens is 1. The van der Waals surface area contributed by atoms with E-state index in [2.05, 4.69) is 56.6 Å². The lowest BCUT2D eigenvalue weighted by Gasteiger charge is -2.28. The second-order valence-electron chi connectivity index (χ2n) is 7.38. The summed E-state index contributed by atoms with van der Waals surface area (Å²) in [5, 5.41) is 12.4. The first-order valence-electron chi connectivity index (χ1n) is 9.80. The summed E-state index contributed by atoms with van der Waals surface area (Å²) in [5.41, 5.74) is 4.32. The normalized spacial score (nSPS) is 15.8. The zero-order chi connectivity index (χ0) is 19.2. The largest absolute Gasteiger partial charge is 0.345 e. The van der Waals surface area contributed by atoms with Crippen LogP contribution in [0.4, 0.5) is 0 Å². The van der Waals surface area contributed by atoms with Crippen LogP contribution in [0.15, 0.2) is 60.8 Å². The van der Waals surface area contributed by atoms with E-state index in [1.54, 1.807) is 0 Å². The molecule has 0 amide bonds. The molecular weight excluding hydrogens is 382 g/mol. The molecule has 0 radical (unpaired) electrons. The van der Waals surface area contributed by atoms with Crippen molar-refractivity contribution in [1.82, 2.24) is 20.2 Å². The van der Waals surface area contributed by atoms with E-state index in [-0.39, 0.29) is 12.4 Å². The number of hydrogen-bond donors (Lipinski definition) is 2. The summed E-state index contributed by atoms with van der Waals surface area (Å²) in [5.74, 6) is 0.962. The number of benzene rings is 2. The van der Waals surface area contributed by atoms with Gasteiger partial charge in [0.05, 0.1) is 11.6 Å². The van der Waals surface area contributed by atoms with E-state index in [1.807, 2.05) is 30.5 Å². The van der Waals surface area contributed by atoms with Gasteiger partial charge in [-0.2, -0.15) is 5.26 Å². The Balaban J connectivity index is 0.00000240. The van der Waals surface area contributed by atoms with E-state index in [4.69, 9.17) is 5.26 Å². The van der Waals surface area contributed by atoms with Crippen LogP contribution in [0.1, 0.15) is 34.6 Å². The molecule has 3 aromatic rings. The smallest absolute Gasteiger partial charge is 0.110 e. The lowest BCUT2D eigenvalue weighted by atomic mass is 10.1. The Hall–Kier alpha value is -2.65. The van der Waals surface area contributed by atoms with Crippen molar-refractivity contribution in [3.63, 3.8) is 0 Å². The predicted molar refractivity (Wildman–Crippen MR) is 117 cm³/mol. The maximum Gasteiger partial charge on any atom is 0.110 e. The lowest BCUT2D eigenvalue weighted by molar-refractivity contribution is 0.188. The maximum absolute atomic E-state index is 8.92. The van der Waals surface area contributed by atoms with Gasteiger partial charge in [-0.15, -0.1) is 12.4 Å². The molecule has 2 heterocycles. The van der Waals surface area contributed by atoms with Gasteiger partial charge in [0.25, 0.3) is 0 Å². The average molecular weight is 408 g/mol. The average Bonchev–Trinajstić information content (AvgIpc) is 3.41. The van der Waals surface area contributed by atoms with Gasteiger partial charge in [0.2, 0.25) is 0 Å². The number of nitrogens with one attached hydrogen (secondary N) is 2. The first-order chi connectivity index (χ1) is 13.8. The second-order valence-corrected chi connectivity index (χ2v) is 7.38. The van der Waals surface area contributed by atoms with Gasteiger partial charge >= 0.3 is 0 Å². The molecule has 1 aliphatic rings. The standard InChI is InChI=1S/C23H25N5.ClH/c24-13-19-8-6-18(7-9-19)12-23-26-14-21(27-23)17-28(22-10-11-25-15-22)16-20-4-2-1-3-5-20;/h1-9,14,22,25H,10-12,15-17H2,(H,26,27);1H. The number of nitriles is 1. The molecule has 1 aliphatic heterocycles. The second kappa shape index (κ2) is 10.2. The molecule has 1 aromatic heterocycles. The highest BCUT2D eigenvalue weighted by atomic mass is 35.5.